The fraction of sp³-hybridized carbons (Fsp3) is 0.286. The topological polar surface area (TPSA) is 99.8 Å². The Balaban J connectivity index is 2.11. The molecule has 110 valence electrons. The average molecular weight is 287 g/mol. The Labute approximate surface area is 122 Å². The highest BCUT2D eigenvalue weighted by Gasteiger charge is 2.13. The number of nitrogens with zero attached hydrogens (tertiary/aromatic N) is 2. The van der Waals surface area contributed by atoms with Crippen LogP contribution in [-0.4, -0.2) is 33.0 Å². The largest absolute Gasteiger partial charge is 0.350 e. The lowest BCUT2D eigenvalue weighted by Gasteiger charge is -2.09. The fourth-order valence-corrected chi connectivity index (χ4v) is 1.71. The van der Waals surface area contributed by atoms with Crippen LogP contribution in [0.1, 0.15) is 40.6 Å². The second kappa shape index (κ2) is 6.17. The standard InChI is InChI=1S/C14H17N5O2/c1-8(2)15-13(20)10-5-4-6-11(7-10)17-14(21)12-16-9(3)18-19-12/h4-8H,1-3H3,(H,15,20)(H,17,21)(H,16,18,19). The van der Waals surface area contributed by atoms with Crippen LogP contribution >= 0.6 is 0 Å². The van der Waals surface area contributed by atoms with Crippen molar-refractivity contribution in [2.24, 2.45) is 0 Å². The molecule has 21 heavy (non-hydrogen) atoms. The van der Waals surface area contributed by atoms with Gasteiger partial charge in [0.05, 0.1) is 0 Å². The number of hydrogen-bond acceptors (Lipinski definition) is 4. The third-order valence-electron chi connectivity index (χ3n) is 2.60. The summed E-state index contributed by atoms with van der Waals surface area (Å²) in [7, 11) is 0. The van der Waals surface area contributed by atoms with E-state index in [1.165, 1.54) is 0 Å². The molecule has 0 saturated carbocycles. The zero-order valence-corrected chi connectivity index (χ0v) is 12.1. The SMILES string of the molecule is Cc1nc(C(=O)Nc2cccc(C(=O)NC(C)C)c2)n[nH]1. The number of carbonyl (C=O) groups excluding carboxylic acids is 2. The quantitative estimate of drug-likeness (QED) is 0.793. The van der Waals surface area contributed by atoms with Gasteiger partial charge in [-0.3, -0.25) is 14.7 Å². The molecule has 0 aliphatic heterocycles. The van der Waals surface area contributed by atoms with Gasteiger partial charge in [0.25, 0.3) is 11.8 Å². The van der Waals surface area contributed by atoms with Gasteiger partial charge in [-0.25, -0.2) is 4.98 Å². The second-order valence-electron chi connectivity index (χ2n) is 4.91. The lowest BCUT2D eigenvalue weighted by atomic mass is 10.1. The molecule has 0 atom stereocenters. The molecule has 0 unspecified atom stereocenters. The van der Waals surface area contributed by atoms with Crippen LogP contribution in [0.25, 0.3) is 0 Å². The summed E-state index contributed by atoms with van der Waals surface area (Å²) < 4.78 is 0. The Morgan fingerprint density at radius 2 is 2.00 bits per heavy atom. The smallest absolute Gasteiger partial charge is 0.295 e. The summed E-state index contributed by atoms with van der Waals surface area (Å²) in [6.07, 6.45) is 0. The first-order valence-electron chi connectivity index (χ1n) is 6.57. The minimum absolute atomic E-state index is 0.0481. The molecule has 1 aromatic carbocycles. The molecule has 2 aromatic rings. The van der Waals surface area contributed by atoms with Crippen molar-refractivity contribution in [1.29, 1.82) is 0 Å². The number of benzene rings is 1. The van der Waals surface area contributed by atoms with Gasteiger partial charge in [-0.1, -0.05) is 6.07 Å². The van der Waals surface area contributed by atoms with Gasteiger partial charge in [-0.05, 0) is 39.0 Å². The van der Waals surface area contributed by atoms with Crippen molar-refractivity contribution < 1.29 is 9.59 Å². The van der Waals surface area contributed by atoms with E-state index in [1.807, 2.05) is 13.8 Å². The van der Waals surface area contributed by atoms with E-state index in [0.717, 1.165) is 0 Å². The van der Waals surface area contributed by atoms with Crippen molar-refractivity contribution in [2.75, 3.05) is 5.32 Å². The van der Waals surface area contributed by atoms with Crippen LogP contribution in [0.15, 0.2) is 24.3 Å². The second-order valence-corrected chi connectivity index (χ2v) is 4.91. The van der Waals surface area contributed by atoms with Gasteiger partial charge in [-0.2, -0.15) is 0 Å². The van der Waals surface area contributed by atoms with E-state index in [-0.39, 0.29) is 17.8 Å². The number of aryl methyl sites for hydroxylation is 1. The molecule has 0 bridgehead atoms. The third-order valence-corrected chi connectivity index (χ3v) is 2.60. The van der Waals surface area contributed by atoms with Crippen LogP contribution in [0.2, 0.25) is 0 Å². The van der Waals surface area contributed by atoms with Crippen LogP contribution < -0.4 is 10.6 Å². The Kier molecular flexibility index (Phi) is 4.32. The number of hydrogen-bond donors (Lipinski definition) is 3. The van der Waals surface area contributed by atoms with Crippen molar-refractivity contribution in [3.05, 3.63) is 41.5 Å². The van der Waals surface area contributed by atoms with Gasteiger partial charge in [0, 0.05) is 17.3 Å². The molecule has 0 aliphatic carbocycles. The molecule has 0 aliphatic rings. The Morgan fingerprint density at radius 1 is 1.24 bits per heavy atom. The maximum atomic E-state index is 11.9. The van der Waals surface area contributed by atoms with E-state index >= 15 is 0 Å². The van der Waals surface area contributed by atoms with E-state index in [0.29, 0.717) is 17.1 Å². The number of rotatable bonds is 4. The summed E-state index contributed by atoms with van der Waals surface area (Å²) in [5.41, 5.74) is 0.992. The van der Waals surface area contributed by atoms with Crippen molar-refractivity contribution in [3.8, 4) is 0 Å². The number of carbonyl (C=O) groups is 2. The normalized spacial score (nSPS) is 10.5. The predicted octanol–water partition coefficient (Wildman–Crippen LogP) is 1.50. The molecular weight excluding hydrogens is 270 g/mol. The highest BCUT2D eigenvalue weighted by atomic mass is 16.2. The van der Waals surface area contributed by atoms with Crippen molar-refractivity contribution in [3.63, 3.8) is 0 Å². The van der Waals surface area contributed by atoms with Crippen molar-refractivity contribution >= 4 is 17.5 Å². The molecule has 0 spiro atoms. The summed E-state index contributed by atoms with van der Waals surface area (Å²) in [5, 5.41) is 11.8. The fourth-order valence-electron chi connectivity index (χ4n) is 1.71. The monoisotopic (exact) mass is 287 g/mol. The van der Waals surface area contributed by atoms with E-state index in [2.05, 4.69) is 25.8 Å². The minimum Gasteiger partial charge on any atom is -0.350 e. The zero-order chi connectivity index (χ0) is 15.4. The van der Waals surface area contributed by atoms with Crippen molar-refractivity contribution in [2.45, 2.75) is 26.8 Å². The van der Waals surface area contributed by atoms with Crippen LogP contribution in [-0.2, 0) is 0 Å². The number of H-pyrrole nitrogens is 1. The molecule has 0 saturated heterocycles. The van der Waals surface area contributed by atoms with E-state index < -0.39 is 5.91 Å². The zero-order valence-electron chi connectivity index (χ0n) is 12.1. The number of nitrogens with one attached hydrogen (secondary N) is 3. The van der Waals surface area contributed by atoms with Crippen LogP contribution in [0.5, 0.6) is 0 Å². The van der Waals surface area contributed by atoms with Gasteiger partial charge < -0.3 is 10.6 Å². The number of aromatic amines is 1. The number of anilines is 1. The Bertz CT molecular complexity index is 663. The first-order chi connectivity index (χ1) is 9.95. The summed E-state index contributed by atoms with van der Waals surface area (Å²) in [6.45, 7) is 5.48. The molecule has 0 fully saturated rings. The Morgan fingerprint density at radius 3 is 2.62 bits per heavy atom. The summed E-state index contributed by atoms with van der Waals surface area (Å²) in [4.78, 5) is 27.8. The highest BCUT2D eigenvalue weighted by Crippen LogP contribution is 2.11. The molecule has 2 amide bonds. The van der Waals surface area contributed by atoms with Crippen LogP contribution in [0, 0.1) is 6.92 Å². The first kappa shape index (κ1) is 14.7. The summed E-state index contributed by atoms with van der Waals surface area (Å²) >= 11 is 0. The number of amides is 2. The minimum atomic E-state index is -0.430. The van der Waals surface area contributed by atoms with Gasteiger partial charge in [0.15, 0.2) is 0 Å². The summed E-state index contributed by atoms with van der Waals surface area (Å²) in [6, 6.07) is 6.74. The Hall–Kier alpha value is -2.70. The number of aromatic nitrogens is 3. The van der Waals surface area contributed by atoms with Crippen molar-refractivity contribution in [1.82, 2.24) is 20.5 Å². The lowest BCUT2D eigenvalue weighted by Crippen LogP contribution is -2.30. The molecule has 3 N–H and O–H groups in total. The molecule has 7 heteroatoms. The maximum Gasteiger partial charge on any atom is 0.295 e. The lowest BCUT2D eigenvalue weighted by molar-refractivity contribution is 0.0941. The first-order valence-corrected chi connectivity index (χ1v) is 6.57. The van der Waals surface area contributed by atoms with E-state index in [1.54, 1.807) is 31.2 Å². The maximum absolute atomic E-state index is 11.9. The average Bonchev–Trinajstić information content (AvgIpc) is 2.85. The van der Waals surface area contributed by atoms with Gasteiger partial charge >= 0.3 is 0 Å². The molecule has 7 nitrogen and oxygen atoms in total. The summed E-state index contributed by atoms with van der Waals surface area (Å²) in [5.74, 6) is 0.00496. The van der Waals surface area contributed by atoms with E-state index in [4.69, 9.17) is 0 Å². The predicted molar refractivity (Wildman–Crippen MR) is 78.1 cm³/mol. The van der Waals surface area contributed by atoms with Crippen LogP contribution in [0.4, 0.5) is 5.69 Å². The van der Waals surface area contributed by atoms with Gasteiger partial charge in [0.1, 0.15) is 5.82 Å². The van der Waals surface area contributed by atoms with Gasteiger partial charge in [0.2, 0.25) is 5.82 Å². The molecular formula is C14H17N5O2. The molecule has 0 radical (unpaired) electrons. The van der Waals surface area contributed by atoms with Crippen LogP contribution in [0.3, 0.4) is 0 Å². The highest BCUT2D eigenvalue weighted by molar-refractivity contribution is 6.02. The third kappa shape index (κ3) is 3.88. The van der Waals surface area contributed by atoms with Gasteiger partial charge in [-0.15, -0.1) is 5.10 Å². The molecule has 1 aromatic heterocycles. The van der Waals surface area contributed by atoms with E-state index in [9.17, 15) is 9.59 Å². The molecule has 2 rings (SSSR count). The molecule has 1 heterocycles.